The Hall–Kier alpha value is -1.46. The minimum absolute atomic E-state index is 0.176. The average molecular weight is 236 g/mol. The van der Waals surface area contributed by atoms with Crippen LogP contribution in [0.5, 0.6) is 0 Å². The fraction of sp³-hybridized carbons (Fsp3) is 0.167. The molecule has 0 aromatic heterocycles. The zero-order valence-corrected chi connectivity index (χ0v) is 8.98. The van der Waals surface area contributed by atoms with Gasteiger partial charge in [-0.3, -0.25) is 0 Å². The zero-order valence-electron chi connectivity index (χ0n) is 8.98. The second-order valence-electron chi connectivity index (χ2n) is 3.95. The summed E-state index contributed by atoms with van der Waals surface area (Å²) in [5.41, 5.74) is 0.441. The third kappa shape index (κ3) is 2.62. The highest BCUT2D eigenvalue weighted by atomic mass is 19.1. The lowest BCUT2D eigenvalue weighted by Crippen LogP contribution is -2.32. The second kappa shape index (κ2) is 4.81. The van der Waals surface area contributed by atoms with Crippen molar-refractivity contribution in [2.75, 3.05) is 0 Å². The predicted molar refractivity (Wildman–Crippen MR) is 61.9 cm³/mol. The third-order valence-electron chi connectivity index (χ3n) is 2.76. The molecular formula is C12H11BF2O2. The van der Waals surface area contributed by atoms with Crippen molar-refractivity contribution in [3.63, 3.8) is 0 Å². The first-order valence-corrected chi connectivity index (χ1v) is 5.27. The predicted octanol–water partition coefficient (Wildman–Crippen LogP) is 1.40. The molecule has 0 radical (unpaired) electrons. The van der Waals surface area contributed by atoms with Crippen LogP contribution in [0.4, 0.5) is 8.78 Å². The Kier molecular flexibility index (Phi) is 3.40. The van der Waals surface area contributed by atoms with Crippen LogP contribution in [0.3, 0.4) is 0 Å². The maximum atomic E-state index is 13.5. The van der Waals surface area contributed by atoms with Gasteiger partial charge in [0.25, 0.3) is 0 Å². The van der Waals surface area contributed by atoms with E-state index >= 15 is 0 Å². The number of halogens is 2. The summed E-state index contributed by atoms with van der Waals surface area (Å²) in [5, 5.41) is 17.8. The van der Waals surface area contributed by atoms with E-state index in [9.17, 15) is 8.78 Å². The standard InChI is InChI=1S/C12H11BF2O2/c14-10-3-1-2-8(6-10)9-4-5-11(13(16)17)12(15)7-9/h1,3-8,16-17H,2H2. The van der Waals surface area contributed by atoms with E-state index in [0.29, 0.717) is 12.0 Å². The van der Waals surface area contributed by atoms with Crippen LogP contribution in [0.1, 0.15) is 17.9 Å². The Labute approximate surface area is 98.0 Å². The molecule has 5 heteroatoms. The molecule has 17 heavy (non-hydrogen) atoms. The van der Waals surface area contributed by atoms with Gasteiger partial charge in [-0.2, -0.15) is 0 Å². The van der Waals surface area contributed by atoms with Gasteiger partial charge in [0, 0.05) is 11.4 Å². The molecule has 0 bridgehead atoms. The van der Waals surface area contributed by atoms with Gasteiger partial charge in [0.2, 0.25) is 0 Å². The summed E-state index contributed by atoms with van der Waals surface area (Å²) in [6, 6.07) is 4.09. The summed E-state index contributed by atoms with van der Waals surface area (Å²) in [5.74, 6) is -1.24. The van der Waals surface area contributed by atoms with Crippen molar-refractivity contribution >= 4 is 12.6 Å². The van der Waals surface area contributed by atoms with Crippen LogP contribution in [-0.4, -0.2) is 17.2 Å². The van der Waals surface area contributed by atoms with Gasteiger partial charge in [-0.05, 0) is 30.2 Å². The summed E-state index contributed by atoms with van der Waals surface area (Å²) in [6.07, 6.45) is 5.09. The molecule has 0 saturated heterocycles. The molecule has 2 N–H and O–H groups in total. The van der Waals surface area contributed by atoms with Crippen molar-refractivity contribution < 1.29 is 18.8 Å². The van der Waals surface area contributed by atoms with Crippen molar-refractivity contribution in [1.29, 1.82) is 0 Å². The number of benzene rings is 1. The van der Waals surface area contributed by atoms with Crippen molar-refractivity contribution in [2.24, 2.45) is 0 Å². The lowest BCUT2D eigenvalue weighted by atomic mass is 9.78. The maximum Gasteiger partial charge on any atom is 0.491 e. The highest BCUT2D eigenvalue weighted by Gasteiger charge is 2.19. The molecule has 1 aromatic rings. The Morgan fingerprint density at radius 3 is 2.59 bits per heavy atom. The minimum atomic E-state index is -1.83. The molecule has 1 unspecified atom stereocenters. The summed E-state index contributed by atoms with van der Waals surface area (Å²) in [4.78, 5) is 0. The molecule has 88 valence electrons. The fourth-order valence-corrected chi connectivity index (χ4v) is 1.86. The first-order valence-electron chi connectivity index (χ1n) is 5.27. The number of rotatable bonds is 2. The largest absolute Gasteiger partial charge is 0.491 e. The zero-order chi connectivity index (χ0) is 12.4. The molecule has 2 rings (SSSR count). The maximum absolute atomic E-state index is 13.5. The molecule has 0 saturated carbocycles. The van der Waals surface area contributed by atoms with E-state index in [1.54, 1.807) is 12.1 Å². The lowest BCUT2D eigenvalue weighted by molar-refractivity contribution is 0.423. The molecule has 1 aliphatic rings. The molecule has 1 atom stereocenters. The van der Waals surface area contributed by atoms with E-state index in [2.05, 4.69) is 0 Å². The van der Waals surface area contributed by atoms with Gasteiger partial charge >= 0.3 is 7.12 Å². The van der Waals surface area contributed by atoms with Gasteiger partial charge < -0.3 is 10.0 Å². The molecular weight excluding hydrogens is 225 g/mol. The molecule has 2 nitrogen and oxygen atoms in total. The fourth-order valence-electron chi connectivity index (χ4n) is 1.86. The van der Waals surface area contributed by atoms with E-state index in [1.165, 1.54) is 24.3 Å². The molecule has 0 aliphatic heterocycles. The van der Waals surface area contributed by atoms with E-state index in [4.69, 9.17) is 10.0 Å². The SMILES string of the molecule is OB(O)c1ccc(C2C=C(F)C=CC2)cc1F. The topological polar surface area (TPSA) is 40.5 Å². The minimum Gasteiger partial charge on any atom is -0.423 e. The molecule has 0 fully saturated rings. The quantitative estimate of drug-likeness (QED) is 0.762. The highest BCUT2D eigenvalue weighted by Crippen LogP contribution is 2.27. The van der Waals surface area contributed by atoms with Gasteiger partial charge in [-0.1, -0.05) is 18.2 Å². The van der Waals surface area contributed by atoms with Crippen molar-refractivity contribution in [3.8, 4) is 0 Å². The highest BCUT2D eigenvalue weighted by molar-refractivity contribution is 6.58. The molecule has 1 aromatic carbocycles. The first-order chi connectivity index (χ1) is 8.08. The van der Waals surface area contributed by atoms with E-state index in [1.807, 2.05) is 0 Å². The summed E-state index contributed by atoms with van der Waals surface area (Å²) < 4.78 is 26.5. The van der Waals surface area contributed by atoms with Crippen LogP contribution in [0.2, 0.25) is 0 Å². The Morgan fingerprint density at radius 1 is 1.24 bits per heavy atom. The van der Waals surface area contributed by atoms with E-state index in [-0.39, 0.29) is 17.2 Å². The average Bonchev–Trinajstić information content (AvgIpc) is 2.28. The summed E-state index contributed by atoms with van der Waals surface area (Å²) in [6.45, 7) is 0. The molecule has 0 spiro atoms. The Morgan fingerprint density at radius 2 is 2.00 bits per heavy atom. The number of hydrogen-bond acceptors (Lipinski definition) is 2. The van der Waals surface area contributed by atoms with Crippen LogP contribution in [0, 0.1) is 5.82 Å². The van der Waals surface area contributed by atoms with Gasteiger partial charge in [0.15, 0.2) is 0 Å². The van der Waals surface area contributed by atoms with E-state index < -0.39 is 12.9 Å². The van der Waals surface area contributed by atoms with E-state index in [0.717, 1.165) is 0 Å². The summed E-state index contributed by atoms with van der Waals surface area (Å²) >= 11 is 0. The van der Waals surface area contributed by atoms with Crippen LogP contribution < -0.4 is 5.46 Å². The van der Waals surface area contributed by atoms with Crippen molar-refractivity contribution in [3.05, 3.63) is 53.6 Å². The van der Waals surface area contributed by atoms with Crippen LogP contribution in [-0.2, 0) is 0 Å². The number of hydrogen-bond donors (Lipinski definition) is 2. The smallest absolute Gasteiger partial charge is 0.423 e. The Bertz CT molecular complexity index is 483. The van der Waals surface area contributed by atoms with Crippen molar-refractivity contribution in [1.82, 2.24) is 0 Å². The Balaban J connectivity index is 2.29. The van der Waals surface area contributed by atoms with Gasteiger partial charge in [-0.15, -0.1) is 0 Å². The normalized spacial score (nSPS) is 19.1. The van der Waals surface area contributed by atoms with Crippen LogP contribution in [0.25, 0.3) is 0 Å². The van der Waals surface area contributed by atoms with Crippen molar-refractivity contribution in [2.45, 2.75) is 12.3 Å². The third-order valence-corrected chi connectivity index (χ3v) is 2.76. The summed E-state index contributed by atoms with van der Waals surface area (Å²) in [7, 11) is -1.83. The molecule has 0 amide bonds. The van der Waals surface area contributed by atoms with Gasteiger partial charge in [0.05, 0.1) is 0 Å². The van der Waals surface area contributed by atoms with Crippen LogP contribution in [0.15, 0.2) is 42.3 Å². The number of allylic oxidation sites excluding steroid dienone is 4. The first kappa shape index (κ1) is 12.0. The lowest BCUT2D eigenvalue weighted by Gasteiger charge is -2.15. The molecule has 1 aliphatic carbocycles. The monoisotopic (exact) mass is 236 g/mol. The second-order valence-corrected chi connectivity index (χ2v) is 3.95. The van der Waals surface area contributed by atoms with Crippen LogP contribution >= 0.6 is 0 Å². The van der Waals surface area contributed by atoms with Gasteiger partial charge in [0.1, 0.15) is 11.6 Å². The molecule has 0 heterocycles. The van der Waals surface area contributed by atoms with Gasteiger partial charge in [-0.25, -0.2) is 8.78 Å².